The van der Waals surface area contributed by atoms with Crippen molar-refractivity contribution in [3.05, 3.63) is 76.0 Å². The number of carbonyl (C=O) groups is 3. The highest BCUT2D eigenvalue weighted by atomic mass is 32.1. The maximum Gasteiger partial charge on any atom is 0.403 e. The molecule has 0 bridgehead atoms. The zero-order valence-corrected chi connectivity index (χ0v) is 19.9. The Hall–Kier alpha value is -4.19. The van der Waals surface area contributed by atoms with Gasteiger partial charge < -0.3 is 16.0 Å². The Kier molecular flexibility index (Phi) is 6.20. The molecule has 190 valence electrons. The number of amides is 3. The van der Waals surface area contributed by atoms with E-state index < -0.39 is 23.4 Å². The molecule has 0 atom stereocenters. The number of aromatic nitrogens is 2. The number of alkyl halides is 3. The fraction of sp³-hybridized carbons (Fsp3) is 0.200. The summed E-state index contributed by atoms with van der Waals surface area (Å²) in [6, 6.07) is 14.3. The Morgan fingerprint density at radius 3 is 2.35 bits per heavy atom. The van der Waals surface area contributed by atoms with Crippen molar-refractivity contribution in [3.63, 3.8) is 0 Å². The monoisotopic (exact) mass is 527 g/mol. The van der Waals surface area contributed by atoms with Crippen LogP contribution in [0.4, 0.5) is 24.7 Å². The average molecular weight is 528 g/mol. The number of benzene rings is 2. The predicted molar refractivity (Wildman–Crippen MR) is 132 cm³/mol. The van der Waals surface area contributed by atoms with Gasteiger partial charge in [-0.3, -0.25) is 19.5 Å². The summed E-state index contributed by atoms with van der Waals surface area (Å²) in [6.07, 6.45) is -5.08. The Labute approximate surface area is 212 Å². The number of hydrogen-bond donors (Lipinski definition) is 4. The van der Waals surface area contributed by atoms with Gasteiger partial charge in [0, 0.05) is 27.1 Å². The maximum atomic E-state index is 13.1. The van der Waals surface area contributed by atoms with E-state index in [-0.39, 0.29) is 35.8 Å². The lowest BCUT2D eigenvalue weighted by Gasteiger charge is -2.18. The fourth-order valence-corrected chi connectivity index (χ4v) is 4.48. The van der Waals surface area contributed by atoms with Crippen LogP contribution in [0, 0.1) is 5.41 Å². The molecule has 2 aromatic carbocycles. The number of nitrogens with zero attached hydrogens (tertiary/aromatic N) is 1. The third-order valence-electron chi connectivity index (χ3n) is 6.19. The first-order valence-electron chi connectivity index (χ1n) is 11.2. The van der Waals surface area contributed by atoms with Gasteiger partial charge in [-0.15, -0.1) is 11.3 Å². The molecule has 0 unspecified atom stereocenters. The number of hydrogen-bond acceptors (Lipinski definition) is 5. The Morgan fingerprint density at radius 2 is 1.70 bits per heavy atom. The average Bonchev–Trinajstić information content (AvgIpc) is 3.39. The SMILES string of the molecule is O=C(NCc1cccs1)c1ccc2[nH]nc(NC(=O)c3ccc(NC(=O)C4(C(F)(F)F)CC4)cc3)c2c1. The third kappa shape index (κ3) is 4.92. The highest BCUT2D eigenvalue weighted by Crippen LogP contribution is 2.58. The first-order valence-corrected chi connectivity index (χ1v) is 12.1. The zero-order valence-electron chi connectivity index (χ0n) is 19.1. The van der Waals surface area contributed by atoms with Gasteiger partial charge in [-0.2, -0.15) is 18.3 Å². The van der Waals surface area contributed by atoms with Gasteiger partial charge in [-0.05, 0) is 66.8 Å². The molecule has 5 rings (SSSR count). The van der Waals surface area contributed by atoms with Crippen molar-refractivity contribution in [2.75, 3.05) is 10.6 Å². The van der Waals surface area contributed by atoms with Crippen molar-refractivity contribution in [2.45, 2.75) is 25.6 Å². The number of rotatable bonds is 7. The second-order valence-electron chi connectivity index (χ2n) is 8.66. The topological polar surface area (TPSA) is 116 Å². The zero-order chi connectivity index (χ0) is 26.2. The van der Waals surface area contributed by atoms with Crippen molar-refractivity contribution in [1.29, 1.82) is 0 Å². The van der Waals surface area contributed by atoms with E-state index in [4.69, 9.17) is 0 Å². The summed E-state index contributed by atoms with van der Waals surface area (Å²) in [5.74, 6) is -1.68. The molecule has 1 fully saturated rings. The number of aromatic amines is 1. The molecule has 0 radical (unpaired) electrons. The van der Waals surface area contributed by atoms with Gasteiger partial charge in [0.25, 0.3) is 11.8 Å². The van der Waals surface area contributed by atoms with Crippen molar-refractivity contribution in [1.82, 2.24) is 15.5 Å². The predicted octanol–water partition coefficient (Wildman–Crippen LogP) is 5.09. The summed E-state index contributed by atoms with van der Waals surface area (Å²) < 4.78 is 39.4. The minimum absolute atomic E-state index is 0.153. The summed E-state index contributed by atoms with van der Waals surface area (Å²) in [6.45, 7) is 0.400. The maximum absolute atomic E-state index is 13.1. The summed E-state index contributed by atoms with van der Waals surface area (Å²) in [5, 5.41) is 17.2. The number of anilines is 2. The second-order valence-corrected chi connectivity index (χ2v) is 9.69. The molecule has 37 heavy (non-hydrogen) atoms. The number of fused-ring (bicyclic) bond motifs is 1. The lowest BCUT2D eigenvalue weighted by atomic mass is 10.1. The first kappa shape index (κ1) is 24.5. The molecule has 0 spiro atoms. The molecule has 0 aliphatic heterocycles. The number of carbonyl (C=O) groups excluding carboxylic acids is 3. The summed E-state index contributed by atoms with van der Waals surface area (Å²) in [7, 11) is 0. The smallest absolute Gasteiger partial charge is 0.347 e. The number of nitrogens with one attached hydrogen (secondary N) is 4. The van der Waals surface area contributed by atoms with Crippen LogP contribution in [-0.2, 0) is 11.3 Å². The molecule has 3 amide bonds. The van der Waals surface area contributed by atoms with Gasteiger partial charge in [0.05, 0.1) is 12.1 Å². The van der Waals surface area contributed by atoms with Crippen LogP contribution in [0.1, 0.15) is 38.4 Å². The van der Waals surface area contributed by atoms with Crippen LogP contribution in [0.2, 0.25) is 0 Å². The van der Waals surface area contributed by atoms with Crippen LogP contribution in [0.5, 0.6) is 0 Å². The fourth-order valence-electron chi connectivity index (χ4n) is 3.83. The molecule has 4 aromatic rings. The second kappa shape index (κ2) is 9.36. The molecular weight excluding hydrogens is 507 g/mol. The third-order valence-corrected chi connectivity index (χ3v) is 7.07. The van der Waals surface area contributed by atoms with E-state index in [0.717, 1.165) is 4.88 Å². The van der Waals surface area contributed by atoms with Gasteiger partial charge in [0.2, 0.25) is 5.91 Å². The number of H-pyrrole nitrogens is 1. The van der Waals surface area contributed by atoms with E-state index in [1.165, 1.54) is 35.6 Å². The Bertz CT molecular complexity index is 1480. The van der Waals surface area contributed by atoms with Gasteiger partial charge in [-0.1, -0.05) is 6.07 Å². The van der Waals surface area contributed by atoms with Crippen LogP contribution < -0.4 is 16.0 Å². The van der Waals surface area contributed by atoms with Crippen LogP contribution >= 0.6 is 11.3 Å². The molecule has 2 aromatic heterocycles. The molecule has 1 aliphatic carbocycles. The van der Waals surface area contributed by atoms with E-state index in [0.29, 0.717) is 23.0 Å². The number of halogens is 3. The minimum Gasteiger partial charge on any atom is -0.347 e. The quantitative estimate of drug-likeness (QED) is 0.268. The van der Waals surface area contributed by atoms with Crippen molar-refractivity contribution in [3.8, 4) is 0 Å². The molecule has 0 saturated heterocycles. The lowest BCUT2D eigenvalue weighted by molar-refractivity contribution is -0.189. The van der Waals surface area contributed by atoms with Crippen molar-refractivity contribution < 1.29 is 27.6 Å². The molecule has 12 heteroatoms. The highest BCUT2D eigenvalue weighted by molar-refractivity contribution is 7.09. The van der Waals surface area contributed by atoms with Gasteiger partial charge in [0.15, 0.2) is 5.82 Å². The number of thiophene rings is 1. The van der Waals surface area contributed by atoms with Crippen molar-refractivity contribution in [2.24, 2.45) is 5.41 Å². The standard InChI is InChI=1S/C25H20F3N5O3S/c26-25(27,28)24(9-10-24)23(36)30-16-6-3-14(4-7-16)22(35)31-20-18-12-15(5-8-19(18)32-33-20)21(34)29-13-17-2-1-11-37-17/h1-8,11-12H,9-10,13H2,(H,29,34)(H,30,36)(H2,31,32,33,35). The van der Waals surface area contributed by atoms with E-state index in [1.54, 1.807) is 18.2 Å². The van der Waals surface area contributed by atoms with Crippen LogP contribution in [0.3, 0.4) is 0 Å². The van der Waals surface area contributed by atoms with Gasteiger partial charge in [0.1, 0.15) is 5.41 Å². The van der Waals surface area contributed by atoms with E-state index >= 15 is 0 Å². The first-order chi connectivity index (χ1) is 17.7. The molecule has 2 heterocycles. The molecule has 8 nitrogen and oxygen atoms in total. The Morgan fingerprint density at radius 1 is 0.973 bits per heavy atom. The molecule has 1 saturated carbocycles. The normalized spacial score (nSPS) is 14.2. The van der Waals surface area contributed by atoms with E-state index in [1.807, 2.05) is 17.5 Å². The van der Waals surface area contributed by atoms with Crippen LogP contribution in [0.15, 0.2) is 60.0 Å². The summed E-state index contributed by atoms with van der Waals surface area (Å²) in [4.78, 5) is 38.5. The van der Waals surface area contributed by atoms with Crippen LogP contribution in [-0.4, -0.2) is 34.1 Å². The van der Waals surface area contributed by atoms with Crippen molar-refractivity contribution >= 4 is 51.5 Å². The minimum atomic E-state index is -4.60. The van der Waals surface area contributed by atoms with Gasteiger partial charge in [-0.25, -0.2) is 0 Å². The lowest BCUT2D eigenvalue weighted by Crippen LogP contribution is -2.36. The largest absolute Gasteiger partial charge is 0.403 e. The van der Waals surface area contributed by atoms with Crippen LogP contribution in [0.25, 0.3) is 10.9 Å². The molecular formula is C25H20F3N5O3S. The summed E-state index contributed by atoms with van der Waals surface area (Å²) >= 11 is 1.54. The molecule has 4 N–H and O–H groups in total. The van der Waals surface area contributed by atoms with E-state index in [9.17, 15) is 27.6 Å². The summed E-state index contributed by atoms with van der Waals surface area (Å²) in [5.41, 5.74) is -0.962. The Balaban J connectivity index is 1.25. The molecule has 1 aliphatic rings. The van der Waals surface area contributed by atoms with Gasteiger partial charge >= 0.3 is 6.18 Å². The van der Waals surface area contributed by atoms with E-state index in [2.05, 4.69) is 26.1 Å². The highest BCUT2D eigenvalue weighted by Gasteiger charge is 2.68.